The lowest BCUT2D eigenvalue weighted by molar-refractivity contribution is 0.0953. The second-order valence-corrected chi connectivity index (χ2v) is 7.41. The maximum atomic E-state index is 14.6. The zero-order valence-corrected chi connectivity index (χ0v) is 17.5. The van der Waals surface area contributed by atoms with Crippen LogP contribution in [0.3, 0.4) is 0 Å². The summed E-state index contributed by atoms with van der Waals surface area (Å²) in [6, 6.07) is 6.91. The maximum absolute atomic E-state index is 14.6. The zero-order chi connectivity index (χ0) is 22.8. The molecule has 4 rings (SSSR count). The van der Waals surface area contributed by atoms with Crippen molar-refractivity contribution >= 4 is 23.3 Å². The van der Waals surface area contributed by atoms with Crippen LogP contribution in [0.25, 0.3) is 0 Å². The van der Waals surface area contributed by atoms with Crippen LogP contribution in [0, 0.1) is 12.7 Å². The van der Waals surface area contributed by atoms with Crippen molar-refractivity contribution in [1.82, 2.24) is 15.3 Å². The number of amides is 2. The number of aromatic amines is 1. The number of carbonyl (C=O) groups is 3. The summed E-state index contributed by atoms with van der Waals surface area (Å²) in [5.41, 5.74) is 2.63. The molecule has 8 nitrogen and oxygen atoms in total. The minimum absolute atomic E-state index is 0.0299. The molecule has 3 N–H and O–H groups in total. The van der Waals surface area contributed by atoms with Gasteiger partial charge in [-0.1, -0.05) is 0 Å². The highest BCUT2D eigenvalue weighted by Crippen LogP contribution is 2.29. The third-order valence-electron chi connectivity index (χ3n) is 5.27. The Labute approximate surface area is 183 Å². The molecule has 9 heteroatoms. The molecular weight excluding hydrogens is 415 g/mol. The van der Waals surface area contributed by atoms with E-state index in [0.717, 1.165) is 18.2 Å². The number of H-pyrrole nitrogens is 1. The van der Waals surface area contributed by atoms with Gasteiger partial charge < -0.3 is 20.4 Å². The van der Waals surface area contributed by atoms with E-state index in [2.05, 4.69) is 20.6 Å². The number of Topliss-reactive ketones (excluding diaryl/α,β-unsaturated/α-hetero) is 1. The Bertz CT molecular complexity index is 1230. The molecule has 1 aliphatic carbocycles. The number of rotatable bonds is 5. The average molecular weight is 436 g/mol. The van der Waals surface area contributed by atoms with E-state index in [1.54, 1.807) is 6.92 Å². The van der Waals surface area contributed by atoms with E-state index in [0.29, 0.717) is 29.7 Å². The molecule has 0 spiro atoms. The fourth-order valence-corrected chi connectivity index (χ4v) is 3.71. The zero-order valence-electron chi connectivity index (χ0n) is 17.5. The first kappa shape index (κ1) is 21.2. The van der Waals surface area contributed by atoms with Crippen LogP contribution in [0.5, 0.6) is 11.5 Å². The summed E-state index contributed by atoms with van der Waals surface area (Å²) in [6.45, 7) is 1.73. The monoisotopic (exact) mass is 436 g/mol. The quantitative estimate of drug-likeness (QED) is 0.563. The van der Waals surface area contributed by atoms with Crippen LogP contribution < -0.4 is 15.4 Å². The second kappa shape index (κ2) is 8.62. The molecular formula is C23H21FN4O4. The fourth-order valence-electron chi connectivity index (χ4n) is 3.71. The number of ether oxygens (including phenoxy) is 1. The molecule has 1 aliphatic rings. The number of pyridine rings is 1. The highest BCUT2D eigenvalue weighted by molar-refractivity contribution is 6.08. The first-order valence-corrected chi connectivity index (χ1v) is 10.1. The van der Waals surface area contributed by atoms with E-state index in [-0.39, 0.29) is 28.7 Å². The Morgan fingerprint density at radius 2 is 1.97 bits per heavy atom. The van der Waals surface area contributed by atoms with Gasteiger partial charge in [0.25, 0.3) is 11.8 Å². The van der Waals surface area contributed by atoms with Gasteiger partial charge in [0.05, 0.1) is 0 Å². The maximum Gasteiger partial charge on any atom is 0.272 e. The minimum atomic E-state index is -0.696. The molecule has 0 fully saturated rings. The standard InChI is InChI=1S/C23H21FN4O4/c1-12-20-16(4-3-5-18(20)29)28-21(12)23(31)27-13-6-7-19(15(24)10-13)32-14-8-9-26-17(11-14)22(30)25-2/h6-11,28H,3-5H2,1-2H3,(H,25,30)(H,27,31). The van der Waals surface area contributed by atoms with E-state index in [1.807, 2.05) is 0 Å². The fraction of sp³-hybridized carbons (Fsp3) is 0.217. The predicted molar refractivity (Wildman–Crippen MR) is 115 cm³/mol. The molecule has 0 saturated heterocycles. The Balaban J connectivity index is 1.50. The number of hydrogen-bond acceptors (Lipinski definition) is 5. The van der Waals surface area contributed by atoms with E-state index in [4.69, 9.17) is 4.74 Å². The van der Waals surface area contributed by atoms with E-state index >= 15 is 0 Å². The number of nitrogens with one attached hydrogen (secondary N) is 3. The van der Waals surface area contributed by atoms with Crippen LogP contribution in [-0.2, 0) is 6.42 Å². The summed E-state index contributed by atoms with van der Waals surface area (Å²) in [6.07, 6.45) is 3.32. The molecule has 1 aromatic carbocycles. The lowest BCUT2D eigenvalue weighted by Crippen LogP contribution is -2.18. The molecule has 2 amide bonds. The number of benzene rings is 1. The highest BCUT2D eigenvalue weighted by atomic mass is 19.1. The molecule has 0 radical (unpaired) electrons. The average Bonchev–Trinajstić information content (AvgIpc) is 3.13. The van der Waals surface area contributed by atoms with Gasteiger partial charge in [-0.15, -0.1) is 0 Å². The summed E-state index contributed by atoms with van der Waals surface area (Å²) in [4.78, 5) is 43.6. The van der Waals surface area contributed by atoms with Crippen molar-refractivity contribution in [3.8, 4) is 11.5 Å². The number of aromatic nitrogens is 2. The molecule has 0 aliphatic heterocycles. The molecule has 0 saturated carbocycles. The first-order chi connectivity index (χ1) is 15.4. The highest BCUT2D eigenvalue weighted by Gasteiger charge is 2.26. The second-order valence-electron chi connectivity index (χ2n) is 7.41. The normalized spacial score (nSPS) is 12.8. The largest absolute Gasteiger partial charge is 0.454 e. The summed E-state index contributed by atoms with van der Waals surface area (Å²) < 4.78 is 20.1. The Morgan fingerprint density at radius 3 is 2.69 bits per heavy atom. The molecule has 3 aromatic rings. The first-order valence-electron chi connectivity index (χ1n) is 10.1. The Hall–Kier alpha value is -4.01. The van der Waals surface area contributed by atoms with Gasteiger partial charge in [-0.05, 0) is 43.5 Å². The third kappa shape index (κ3) is 4.09. The van der Waals surface area contributed by atoms with Crippen molar-refractivity contribution in [3.63, 3.8) is 0 Å². The van der Waals surface area contributed by atoms with Crippen LogP contribution in [0.15, 0.2) is 36.5 Å². The number of nitrogens with zero attached hydrogens (tertiary/aromatic N) is 1. The van der Waals surface area contributed by atoms with Gasteiger partial charge in [0.15, 0.2) is 17.3 Å². The van der Waals surface area contributed by atoms with Crippen LogP contribution in [0.1, 0.15) is 55.4 Å². The van der Waals surface area contributed by atoms with E-state index in [1.165, 1.54) is 37.5 Å². The summed E-state index contributed by atoms with van der Waals surface area (Å²) in [5.74, 6) is -1.35. The number of fused-ring (bicyclic) bond motifs is 1. The van der Waals surface area contributed by atoms with Gasteiger partial charge in [0.1, 0.15) is 17.1 Å². The molecule has 2 aromatic heterocycles. The number of aryl methyl sites for hydroxylation is 1. The van der Waals surface area contributed by atoms with Gasteiger partial charge >= 0.3 is 0 Å². The number of hydrogen-bond donors (Lipinski definition) is 3. The number of carbonyl (C=O) groups excluding carboxylic acids is 3. The molecule has 164 valence electrons. The molecule has 0 atom stereocenters. The van der Waals surface area contributed by atoms with Crippen LogP contribution in [0.4, 0.5) is 10.1 Å². The Morgan fingerprint density at radius 1 is 1.16 bits per heavy atom. The SMILES string of the molecule is CNC(=O)c1cc(Oc2ccc(NC(=O)c3[nH]c4c(c3C)C(=O)CCC4)cc2F)ccn1. The van der Waals surface area contributed by atoms with Gasteiger partial charge in [0.2, 0.25) is 0 Å². The van der Waals surface area contributed by atoms with Gasteiger partial charge in [0, 0.05) is 48.7 Å². The molecule has 32 heavy (non-hydrogen) atoms. The van der Waals surface area contributed by atoms with E-state index < -0.39 is 17.6 Å². The number of anilines is 1. The van der Waals surface area contributed by atoms with Crippen molar-refractivity contribution in [2.75, 3.05) is 12.4 Å². The van der Waals surface area contributed by atoms with Crippen molar-refractivity contribution in [2.24, 2.45) is 0 Å². The summed E-state index contributed by atoms with van der Waals surface area (Å²) in [7, 11) is 1.48. The van der Waals surface area contributed by atoms with Gasteiger partial charge in [-0.25, -0.2) is 4.39 Å². The van der Waals surface area contributed by atoms with Crippen molar-refractivity contribution in [1.29, 1.82) is 0 Å². The third-order valence-corrected chi connectivity index (χ3v) is 5.27. The van der Waals surface area contributed by atoms with Crippen LogP contribution in [-0.4, -0.2) is 34.6 Å². The van der Waals surface area contributed by atoms with Crippen molar-refractivity contribution in [2.45, 2.75) is 26.2 Å². The molecule has 0 unspecified atom stereocenters. The molecule has 2 heterocycles. The Kier molecular flexibility index (Phi) is 5.72. The van der Waals surface area contributed by atoms with E-state index in [9.17, 15) is 18.8 Å². The number of halogens is 1. The predicted octanol–water partition coefficient (Wildman–Crippen LogP) is 3.78. The summed E-state index contributed by atoms with van der Waals surface area (Å²) >= 11 is 0. The van der Waals surface area contributed by atoms with Crippen molar-refractivity contribution < 1.29 is 23.5 Å². The van der Waals surface area contributed by atoms with Gasteiger partial charge in [-0.2, -0.15) is 0 Å². The molecule has 0 bridgehead atoms. The summed E-state index contributed by atoms with van der Waals surface area (Å²) in [5, 5.41) is 5.10. The van der Waals surface area contributed by atoms with Crippen LogP contribution in [0.2, 0.25) is 0 Å². The van der Waals surface area contributed by atoms with Crippen molar-refractivity contribution in [3.05, 3.63) is 70.6 Å². The lowest BCUT2D eigenvalue weighted by atomic mass is 9.94. The van der Waals surface area contributed by atoms with Crippen LogP contribution >= 0.6 is 0 Å². The minimum Gasteiger partial charge on any atom is -0.454 e. The smallest absolute Gasteiger partial charge is 0.272 e. The number of ketones is 1. The topological polar surface area (TPSA) is 113 Å². The lowest BCUT2D eigenvalue weighted by Gasteiger charge is -2.10. The van der Waals surface area contributed by atoms with Gasteiger partial charge in [-0.3, -0.25) is 19.4 Å².